The zero-order chi connectivity index (χ0) is 24.4. The SMILES string of the molecule is NC(=O)c1cnc(N)c(OC[C@H]2CN(C(=O)Cc3ccc(OC(F)(F)F)cc3)CC2(F)F)c1. The average molecular weight is 474 g/mol. The topological polar surface area (TPSA) is 121 Å². The van der Waals surface area contributed by atoms with Gasteiger partial charge in [-0.3, -0.25) is 9.59 Å². The Hall–Kier alpha value is -3.64. The van der Waals surface area contributed by atoms with E-state index in [-0.39, 0.29) is 30.1 Å². The summed E-state index contributed by atoms with van der Waals surface area (Å²) in [6, 6.07) is 5.74. The number of nitrogens with two attached hydrogens (primary N) is 2. The van der Waals surface area contributed by atoms with Crippen molar-refractivity contribution in [3.63, 3.8) is 0 Å². The molecule has 1 aliphatic heterocycles. The Bertz CT molecular complexity index is 1030. The Balaban J connectivity index is 1.60. The maximum Gasteiger partial charge on any atom is 0.573 e. The van der Waals surface area contributed by atoms with Gasteiger partial charge in [-0.2, -0.15) is 0 Å². The summed E-state index contributed by atoms with van der Waals surface area (Å²) in [4.78, 5) is 28.4. The molecular weight excluding hydrogens is 455 g/mol. The monoisotopic (exact) mass is 474 g/mol. The molecule has 1 aliphatic rings. The van der Waals surface area contributed by atoms with Crippen LogP contribution in [0.5, 0.6) is 11.5 Å². The van der Waals surface area contributed by atoms with Gasteiger partial charge in [-0.25, -0.2) is 13.8 Å². The van der Waals surface area contributed by atoms with Crippen molar-refractivity contribution in [2.75, 3.05) is 25.4 Å². The zero-order valence-corrected chi connectivity index (χ0v) is 16.9. The molecule has 13 heteroatoms. The minimum atomic E-state index is -4.85. The first-order chi connectivity index (χ1) is 15.3. The fourth-order valence-corrected chi connectivity index (χ4v) is 3.20. The first kappa shape index (κ1) is 24.0. The van der Waals surface area contributed by atoms with Gasteiger partial charge in [0.25, 0.3) is 5.92 Å². The van der Waals surface area contributed by atoms with Crippen LogP contribution in [0.25, 0.3) is 0 Å². The second-order valence-corrected chi connectivity index (χ2v) is 7.38. The van der Waals surface area contributed by atoms with Gasteiger partial charge in [0.2, 0.25) is 11.8 Å². The molecule has 1 aromatic heterocycles. The van der Waals surface area contributed by atoms with Gasteiger partial charge in [-0.15, -0.1) is 13.2 Å². The molecule has 178 valence electrons. The molecule has 8 nitrogen and oxygen atoms in total. The highest BCUT2D eigenvalue weighted by atomic mass is 19.4. The van der Waals surface area contributed by atoms with Gasteiger partial charge in [0.1, 0.15) is 5.75 Å². The van der Waals surface area contributed by atoms with Crippen LogP contribution < -0.4 is 20.9 Å². The van der Waals surface area contributed by atoms with E-state index < -0.39 is 48.9 Å². The van der Waals surface area contributed by atoms with Crippen LogP contribution in [0, 0.1) is 5.92 Å². The number of carbonyl (C=O) groups is 2. The molecular formula is C20H19F5N4O4. The highest BCUT2D eigenvalue weighted by Gasteiger charge is 2.49. The maximum absolute atomic E-state index is 14.5. The van der Waals surface area contributed by atoms with Gasteiger partial charge in [0.15, 0.2) is 11.6 Å². The molecule has 1 atom stereocenters. The Morgan fingerprint density at radius 2 is 1.88 bits per heavy atom. The molecule has 3 rings (SSSR count). The predicted octanol–water partition coefficient (Wildman–Crippen LogP) is 2.38. The third-order valence-electron chi connectivity index (χ3n) is 4.91. The van der Waals surface area contributed by atoms with E-state index in [0.717, 1.165) is 23.2 Å². The summed E-state index contributed by atoms with van der Waals surface area (Å²) in [5, 5.41) is 0. The molecule has 4 N–H and O–H groups in total. The molecule has 33 heavy (non-hydrogen) atoms. The number of anilines is 1. The number of halogens is 5. The summed E-state index contributed by atoms with van der Waals surface area (Å²) >= 11 is 0. The van der Waals surface area contributed by atoms with Crippen LogP contribution in [0.3, 0.4) is 0 Å². The number of rotatable bonds is 7. The number of hydrogen-bond acceptors (Lipinski definition) is 6. The van der Waals surface area contributed by atoms with Gasteiger partial charge in [0.05, 0.1) is 31.1 Å². The number of carbonyl (C=O) groups excluding carboxylic acids is 2. The number of amides is 2. The van der Waals surface area contributed by atoms with Gasteiger partial charge in [0, 0.05) is 12.7 Å². The van der Waals surface area contributed by atoms with Crippen molar-refractivity contribution < 1.29 is 41.0 Å². The quantitative estimate of drug-likeness (QED) is 0.595. The van der Waals surface area contributed by atoms with E-state index in [1.807, 2.05) is 0 Å². The molecule has 1 saturated heterocycles. The van der Waals surface area contributed by atoms with E-state index in [2.05, 4.69) is 9.72 Å². The number of aromatic nitrogens is 1. The molecule has 2 heterocycles. The average Bonchev–Trinajstić information content (AvgIpc) is 3.02. The fraction of sp³-hybridized carbons (Fsp3) is 0.350. The van der Waals surface area contributed by atoms with Crippen molar-refractivity contribution in [1.29, 1.82) is 0 Å². The molecule has 1 fully saturated rings. The lowest BCUT2D eigenvalue weighted by Gasteiger charge is -2.18. The number of pyridine rings is 1. The van der Waals surface area contributed by atoms with Crippen molar-refractivity contribution in [3.05, 3.63) is 47.7 Å². The maximum atomic E-state index is 14.5. The summed E-state index contributed by atoms with van der Waals surface area (Å²) in [6.07, 6.45) is -4.01. The van der Waals surface area contributed by atoms with Crippen LogP contribution in [-0.2, 0) is 11.2 Å². The van der Waals surface area contributed by atoms with E-state index in [1.54, 1.807) is 0 Å². The van der Waals surface area contributed by atoms with Gasteiger partial charge < -0.3 is 25.8 Å². The van der Waals surface area contributed by atoms with E-state index in [0.29, 0.717) is 5.56 Å². The second-order valence-electron chi connectivity index (χ2n) is 7.38. The normalized spacial score (nSPS) is 17.6. The Morgan fingerprint density at radius 1 is 1.21 bits per heavy atom. The van der Waals surface area contributed by atoms with Gasteiger partial charge in [-0.1, -0.05) is 12.1 Å². The zero-order valence-electron chi connectivity index (χ0n) is 16.9. The first-order valence-corrected chi connectivity index (χ1v) is 9.52. The second kappa shape index (κ2) is 9.08. The van der Waals surface area contributed by atoms with Crippen LogP contribution in [-0.4, -0.2) is 53.7 Å². The lowest BCUT2D eigenvalue weighted by Crippen LogP contribution is -2.33. The minimum Gasteiger partial charge on any atom is -0.489 e. The number of likely N-dealkylation sites (tertiary alicyclic amines) is 1. The van der Waals surface area contributed by atoms with Crippen LogP contribution in [0.2, 0.25) is 0 Å². The molecule has 2 aromatic rings. The molecule has 0 saturated carbocycles. The number of hydrogen-bond donors (Lipinski definition) is 2. The molecule has 0 unspecified atom stereocenters. The number of alkyl halides is 5. The van der Waals surface area contributed by atoms with Crippen LogP contribution in [0.15, 0.2) is 36.5 Å². The van der Waals surface area contributed by atoms with Crippen molar-refractivity contribution in [3.8, 4) is 11.5 Å². The summed E-state index contributed by atoms with van der Waals surface area (Å²) in [6.45, 7) is -1.66. The summed E-state index contributed by atoms with van der Waals surface area (Å²) in [7, 11) is 0. The lowest BCUT2D eigenvalue weighted by molar-refractivity contribution is -0.274. The number of benzene rings is 1. The molecule has 0 bridgehead atoms. The number of ether oxygens (including phenoxy) is 2. The Kier molecular flexibility index (Phi) is 6.60. The standard InChI is InChI=1S/C20H19F5N4O4/c21-19(22)10-29(16(30)5-11-1-3-14(4-2-11)33-20(23,24)25)8-13(19)9-32-15-6-12(18(27)31)7-28-17(15)26/h1-4,6-7,13H,5,8-10H2,(H2,26,28)(H2,27,31)/t13-/m1/s1. The molecule has 0 radical (unpaired) electrons. The summed E-state index contributed by atoms with van der Waals surface area (Å²) in [5.74, 6) is -6.71. The minimum absolute atomic E-state index is 0.0131. The van der Waals surface area contributed by atoms with E-state index in [1.165, 1.54) is 18.2 Å². The summed E-state index contributed by atoms with van der Waals surface area (Å²) < 4.78 is 74.7. The predicted molar refractivity (Wildman–Crippen MR) is 105 cm³/mol. The van der Waals surface area contributed by atoms with Crippen molar-refractivity contribution in [1.82, 2.24) is 9.88 Å². The van der Waals surface area contributed by atoms with Crippen molar-refractivity contribution in [2.24, 2.45) is 11.7 Å². The number of nitrogens with zero attached hydrogens (tertiary/aromatic N) is 2. The van der Waals surface area contributed by atoms with Gasteiger partial charge in [-0.05, 0) is 23.8 Å². The van der Waals surface area contributed by atoms with Crippen LogP contribution in [0.1, 0.15) is 15.9 Å². The molecule has 2 amide bonds. The largest absolute Gasteiger partial charge is 0.573 e. The number of primary amides is 1. The van der Waals surface area contributed by atoms with Gasteiger partial charge >= 0.3 is 6.36 Å². The number of nitrogen functional groups attached to an aromatic ring is 1. The molecule has 1 aromatic carbocycles. The van der Waals surface area contributed by atoms with Crippen molar-refractivity contribution >= 4 is 17.6 Å². The smallest absolute Gasteiger partial charge is 0.489 e. The summed E-state index contributed by atoms with van der Waals surface area (Å²) in [5.41, 5.74) is 11.1. The third kappa shape index (κ3) is 6.20. The fourth-order valence-electron chi connectivity index (χ4n) is 3.20. The van der Waals surface area contributed by atoms with Crippen LogP contribution in [0.4, 0.5) is 27.8 Å². The third-order valence-corrected chi connectivity index (χ3v) is 4.91. The van der Waals surface area contributed by atoms with Crippen molar-refractivity contribution in [2.45, 2.75) is 18.7 Å². The highest BCUT2D eigenvalue weighted by molar-refractivity contribution is 5.93. The van der Waals surface area contributed by atoms with E-state index in [9.17, 15) is 31.5 Å². The van der Waals surface area contributed by atoms with Crippen LogP contribution >= 0.6 is 0 Å². The Labute approximate surface area is 184 Å². The Morgan fingerprint density at radius 3 is 2.48 bits per heavy atom. The molecule has 0 aliphatic carbocycles. The van der Waals surface area contributed by atoms with E-state index >= 15 is 0 Å². The lowest BCUT2D eigenvalue weighted by atomic mass is 10.1. The highest BCUT2D eigenvalue weighted by Crippen LogP contribution is 2.34. The molecule has 0 spiro atoms. The van der Waals surface area contributed by atoms with E-state index in [4.69, 9.17) is 16.2 Å². The first-order valence-electron chi connectivity index (χ1n) is 9.52.